The van der Waals surface area contributed by atoms with Gasteiger partial charge in [-0.15, -0.1) is 0 Å². The number of hydrogen-bond donors (Lipinski definition) is 1. The fourth-order valence-corrected chi connectivity index (χ4v) is 3.01. The maximum absolute atomic E-state index is 4.47. The third kappa shape index (κ3) is 4.27. The highest BCUT2D eigenvalue weighted by Crippen LogP contribution is 2.15. The average Bonchev–Trinajstić information content (AvgIpc) is 2.50. The summed E-state index contributed by atoms with van der Waals surface area (Å²) < 4.78 is 0. The Morgan fingerprint density at radius 3 is 2.84 bits per heavy atom. The van der Waals surface area contributed by atoms with Gasteiger partial charge in [0.05, 0.1) is 5.69 Å². The lowest BCUT2D eigenvalue weighted by atomic mass is 10.1. The highest BCUT2D eigenvalue weighted by atomic mass is 15.3. The summed E-state index contributed by atoms with van der Waals surface area (Å²) in [5, 5.41) is 3.33. The third-order valence-electron chi connectivity index (χ3n) is 3.74. The predicted octanol–water partition coefficient (Wildman–Crippen LogP) is 1.05. The van der Waals surface area contributed by atoms with Crippen LogP contribution in [0.2, 0.25) is 0 Å². The second kappa shape index (κ2) is 6.98. The largest absolute Gasteiger partial charge is 0.318 e. The van der Waals surface area contributed by atoms with E-state index < -0.39 is 0 Å². The average molecular weight is 262 g/mol. The van der Waals surface area contributed by atoms with Crippen LogP contribution < -0.4 is 5.32 Å². The fraction of sp³-hybridized carbons (Fsp3) is 0.667. The minimum Gasteiger partial charge on any atom is -0.318 e. The van der Waals surface area contributed by atoms with Gasteiger partial charge >= 0.3 is 0 Å². The Bertz CT molecular complexity index is 368. The topological polar surface area (TPSA) is 31.4 Å². The van der Waals surface area contributed by atoms with Gasteiger partial charge in [0, 0.05) is 45.0 Å². The molecule has 0 saturated carbocycles. The molecule has 2 rings (SSSR count). The molecular formula is C15H26N4. The molecule has 106 valence electrons. The molecule has 4 nitrogen and oxygen atoms in total. The van der Waals surface area contributed by atoms with Crippen molar-refractivity contribution < 1.29 is 0 Å². The molecule has 19 heavy (non-hydrogen) atoms. The van der Waals surface area contributed by atoms with Crippen LogP contribution in [0.25, 0.3) is 0 Å². The standard InChI is InChI=1S/C15H26N4/c1-13-9-18(3)12-15(8-16-2)19(10-13)11-14-6-4-5-7-17-14/h4-7,13,15-16H,8-12H2,1-3H3. The molecule has 2 heterocycles. The Morgan fingerprint density at radius 2 is 2.16 bits per heavy atom. The molecule has 0 amide bonds. The molecule has 1 N–H and O–H groups in total. The first kappa shape index (κ1) is 14.4. The van der Waals surface area contributed by atoms with Gasteiger partial charge in [-0.3, -0.25) is 9.88 Å². The monoisotopic (exact) mass is 262 g/mol. The first-order valence-corrected chi connectivity index (χ1v) is 7.16. The van der Waals surface area contributed by atoms with Gasteiger partial charge in [0.1, 0.15) is 0 Å². The normalized spacial score (nSPS) is 26.3. The summed E-state index contributed by atoms with van der Waals surface area (Å²) in [6.45, 7) is 7.77. The van der Waals surface area contributed by atoms with Crippen molar-refractivity contribution in [2.45, 2.75) is 19.5 Å². The van der Waals surface area contributed by atoms with Crippen molar-refractivity contribution in [3.63, 3.8) is 0 Å². The lowest BCUT2D eigenvalue weighted by molar-refractivity contribution is 0.170. The number of likely N-dealkylation sites (N-methyl/N-ethyl adjacent to an activating group) is 2. The SMILES string of the molecule is CNCC1CN(C)CC(C)CN1Cc1ccccn1. The van der Waals surface area contributed by atoms with Crippen LogP contribution in [-0.2, 0) is 6.54 Å². The summed E-state index contributed by atoms with van der Waals surface area (Å²) in [6, 6.07) is 6.73. The third-order valence-corrected chi connectivity index (χ3v) is 3.74. The number of nitrogens with zero attached hydrogens (tertiary/aromatic N) is 3. The van der Waals surface area contributed by atoms with Crippen LogP contribution in [0.3, 0.4) is 0 Å². The highest BCUT2D eigenvalue weighted by Gasteiger charge is 2.26. The molecule has 2 atom stereocenters. The quantitative estimate of drug-likeness (QED) is 0.879. The Hall–Kier alpha value is -0.970. The fourth-order valence-electron chi connectivity index (χ4n) is 3.01. The molecule has 0 spiro atoms. The zero-order valence-electron chi connectivity index (χ0n) is 12.3. The van der Waals surface area contributed by atoms with Crippen molar-refractivity contribution in [3.05, 3.63) is 30.1 Å². The smallest absolute Gasteiger partial charge is 0.0544 e. The summed E-state index contributed by atoms with van der Waals surface area (Å²) >= 11 is 0. The number of hydrogen-bond acceptors (Lipinski definition) is 4. The van der Waals surface area contributed by atoms with Crippen LogP contribution in [0.15, 0.2) is 24.4 Å². The maximum atomic E-state index is 4.47. The van der Waals surface area contributed by atoms with Crippen LogP contribution in [0.4, 0.5) is 0 Å². The van der Waals surface area contributed by atoms with Gasteiger partial charge in [-0.05, 0) is 32.1 Å². The van der Waals surface area contributed by atoms with Crippen molar-refractivity contribution >= 4 is 0 Å². The Labute approximate surface area is 116 Å². The molecule has 1 aromatic heterocycles. The van der Waals surface area contributed by atoms with Gasteiger partial charge in [-0.1, -0.05) is 13.0 Å². The van der Waals surface area contributed by atoms with Crippen molar-refractivity contribution in [3.8, 4) is 0 Å². The van der Waals surface area contributed by atoms with E-state index >= 15 is 0 Å². The van der Waals surface area contributed by atoms with E-state index in [0.717, 1.165) is 26.2 Å². The summed E-state index contributed by atoms with van der Waals surface area (Å²) in [5.41, 5.74) is 1.17. The zero-order chi connectivity index (χ0) is 13.7. The first-order chi connectivity index (χ1) is 9.19. The Balaban J connectivity index is 2.08. The number of rotatable bonds is 4. The van der Waals surface area contributed by atoms with Gasteiger partial charge in [0.15, 0.2) is 0 Å². The van der Waals surface area contributed by atoms with Gasteiger partial charge < -0.3 is 10.2 Å². The minimum atomic E-state index is 0.557. The molecule has 1 fully saturated rings. The van der Waals surface area contributed by atoms with Gasteiger partial charge in [0.25, 0.3) is 0 Å². The molecule has 1 saturated heterocycles. The predicted molar refractivity (Wildman–Crippen MR) is 79.0 cm³/mol. The Kier molecular flexibility index (Phi) is 5.31. The lowest BCUT2D eigenvalue weighted by Gasteiger charge is -2.31. The molecule has 0 bridgehead atoms. The van der Waals surface area contributed by atoms with E-state index in [0.29, 0.717) is 12.0 Å². The number of aromatic nitrogens is 1. The van der Waals surface area contributed by atoms with Crippen LogP contribution in [0, 0.1) is 5.92 Å². The van der Waals surface area contributed by atoms with Crippen molar-refractivity contribution in [2.24, 2.45) is 5.92 Å². The van der Waals surface area contributed by atoms with E-state index in [-0.39, 0.29) is 0 Å². The molecule has 0 aromatic carbocycles. The van der Waals surface area contributed by atoms with Crippen LogP contribution in [0.1, 0.15) is 12.6 Å². The van der Waals surface area contributed by atoms with E-state index in [1.807, 2.05) is 19.3 Å². The second-order valence-corrected chi connectivity index (χ2v) is 5.79. The lowest BCUT2D eigenvalue weighted by Crippen LogP contribution is -2.45. The van der Waals surface area contributed by atoms with E-state index in [9.17, 15) is 0 Å². The molecule has 1 aliphatic heterocycles. The second-order valence-electron chi connectivity index (χ2n) is 5.79. The summed E-state index contributed by atoms with van der Waals surface area (Å²) in [4.78, 5) is 9.49. The van der Waals surface area contributed by atoms with Gasteiger partial charge in [0.2, 0.25) is 0 Å². The summed E-state index contributed by atoms with van der Waals surface area (Å²) in [5.74, 6) is 0.704. The van der Waals surface area contributed by atoms with Crippen LogP contribution in [0.5, 0.6) is 0 Å². The minimum absolute atomic E-state index is 0.557. The summed E-state index contributed by atoms with van der Waals surface area (Å²) in [7, 11) is 4.26. The number of nitrogens with one attached hydrogen (secondary N) is 1. The highest BCUT2D eigenvalue weighted by molar-refractivity contribution is 5.04. The van der Waals surface area contributed by atoms with E-state index in [4.69, 9.17) is 0 Å². The van der Waals surface area contributed by atoms with Gasteiger partial charge in [-0.2, -0.15) is 0 Å². The Morgan fingerprint density at radius 1 is 1.32 bits per heavy atom. The molecule has 1 aromatic rings. The van der Waals surface area contributed by atoms with Crippen molar-refractivity contribution in [2.75, 3.05) is 40.3 Å². The van der Waals surface area contributed by atoms with Crippen LogP contribution >= 0.6 is 0 Å². The van der Waals surface area contributed by atoms with Gasteiger partial charge in [-0.25, -0.2) is 0 Å². The van der Waals surface area contributed by atoms with E-state index in [1.165, 1.54) is 12.2 Å². The summed E-state index contributed by atoms with van der Waals surface area (Å²) in [6.07, 6.45) is 1.88. The van der Waals surface area contributed by atoms with E-state index in [1.54, 1.807) is 0 Å². The molecule has 0 aliphatic carbocycles. The van der Waals surface area contributed by atoms with Crippen molar-refractivity contribution in [1.29, 1.82) is 0 Å². The first-order valence-electron chi connectivity index (χ1n) is 7.16. The molecule has 4 heteroatoms. The van der Waals surface area contributed by atoms with Crippen molar-refractivity contribution in [1.82, 2.24) is 20.1 Å². The molecular weight excluding hydrogens is 236 g/mol. The van der Waals surface area contributed by atoms with E-state index in [2.05, 4.69) is 46.2 Å². The molecule has 1 aliphatic rings. The molecule has 2 unspecified atom stereocenters. The molecule has 0 radical (unpaired) electrons. The zero-order valence-corrected chi connectivity index (χ0v) is 12.3. The van der Waals surface area contributed by atoms with Crippen LogP contribution in [-0.4, -0.2) is 61.1 Å². The number of pyridine rings is 1. The maximum Gasteiger partial charge on any atom is 0.0544 e.